The third kappa shape index (κ3) is 1.62. The van der Waals surface area contributed by atoms with Gasteiger partial charge in [-0.3, -0.25) is 9.59 Å². The van der Waals surface area contributed by atoms with E-state index in [4.69, 9.17) is 9.15 Å². The zero-order valence-corrected chi connectivity index (χ0v) is 10.5. The fourth-order valence-electron chi connectivity index (χ4n) is 2.06. The Morgan fingerprint density at radius 1 is 1.16 bits per heavy atom. The van der Waals surface area contributed by atoms with Crippen LogP contribution in [-0.4, -0.2) is 23.7 Å². The van der Waals surface area contributed by atoms with Crippen molar-refractivity contribution in [2.24, 2.45) is 0 Å². The number of ketones is 2. The Labute approximate surface area is 109 Å². The quantitative estimate of drug-likeness (QED) is 0.773. The topological polar surface area (TPSA) is 69.4 Å². The number of carbonyl (C=O) groups excluding carboxylic acids is 2. The first-order valence-electron chi connectivity index (χ1n) is 5.85. The second-order valence-corrected chi connectivity index (χ2v) is 4.31. The number of methoxy groups -OCH3 is 1. The van der Waals surface area contributed by atoms with Gasteiger partial charge in [-0.1, -0.05) is 24.3 Å². The summed E-state index contributed by atoms with van der Waals surface area (Å²) in [6, 6.07) is 6.85. The summed E-state index contributed by atoms with van der Waals surface area (Å²) in [6.07, 6.45) is -0.374. The van der Waals surface area contributed by atoms with E-state index in [2.05, 4.69) is 4.98 Å². The molecule has 19 heavy (non-hydrogen) atoms. The molecule has 0 fully saturated rings. The maximum Gasteiger partial charge on any atom is 0.255 e. The molecule has 0 bridgehead atoms. The van der Waals surface area contributed by atoms with Gasteiger partial charge in [0.15, 0.2) is 11.5 Å². The molecule has 1 heterocycles. The zero-order chi connectivity index (χ0) is 13.6. The second kappa shape index (κ2) is 4.13. The van der Waals surface area contributed by atoms with Gasteiger partial charge in [0.05, 0.1) is 0 Å². The van der Waals surface area contributed by atoms with Crippen LogP contribution in [0.4, 0.5) is 0 Å². The highest BCUT2D eigenvalue weighted by atomic mass is 16.5. The third-order valence-electron chi connectivity index (χ3n) is 3.18. The molecule has 1 aliphatic rings. The summed E-state index contributed by atoms with van der Waals surface area (Å²) in [5, 5.41) is 0. The number of nitrogens with zero attached hydrogens (tertiary/aromatic N) is 1. The van der Waals surface area contributed by atoms with Gasteiger partial charge in [0.25, 0.3) is 5.78 Å². The van der Waals surface area contributed by atoms with Gasteiger partial charge in [0, 0.05) is 18.2 Å². The van der Waals surface area contributed by atoms with E-state index in [1.54, 1.807) is 31.2 Å². The number of aromatic nitrogens is 1. The van der Waals surface area contributed by atoms with E-state index in [0.717, 1.165) is 0 Å². The van der Waals surface area contributed by atoms with Gasteiger partial charge in [-0.2, -0.15) is 0 Å². The number of ether oxygens (including phenoxy) is 1. The van der Waals surface area contributed by atoms with Gasteiger partial charge in [0.1, 0.15) is 6.10 Å². The number of oxazole rings is 1. The molecular formula is C14H11NO4. The largest absolute Gasteiger partial charge is 0.437 e. The van der Waals surface area contributed by atoms with E-state index in [1.807, 2.05) is 0 Å². The first-order chi connectivity index (χ1) is 9.13. The van der Waals surface area contributed by atoms with Gasteiger partial charge in [-0.05, 0) is 6.92 Å². The first kappa shape index (κ1) is 11.8. The molecule has 0 saturated heterocycles. The van der Waals surface area contributed by atoms with Gasteiger partial charge in [-0.15, -0.1) is 0 Å². The van der Waals surface area contributed by atoms with Crippen molar-refractivity contribution in [1.29, 1.82) is 0 Å². The van der Waals surface area contributed by atoms with Crippen LogP contribution in [-0.2, 0) is 4.74 Å². The lowest BCUT2D eigenvalue weighted by molar-refractivity contribution is 0.0811. The summed E-state index contributed by atoms with van der Waals surface area (Å²) in [6.45, 7) is 1.76. The Morgan fingerprint density at radius 3 is 2.53 bits per heavy atom. The molecule has 3 rings (SSSR count). The molecular weight excluding hydrogens is 246 g/mol. The maximum atomic E-state index is 12.0. The fourth-order valence-corrected chi connectivity index (χ4v) is 2.06. The standard InChI is InChI=1S/C14H11NO4/c1-7(18-2)14-15-10-12(17)11(16)8-5-3-4-6-9(8)13(10)19-14/h3-7H,1-2H3. The SMILES string of the molecule is COC(C)c1nc2c(o1)-c1ccccc1C(=O)C2=O. The van der Waals surface area contributed by atoms with Crippen LogP contribution >= 0.6 is 0 Å². The number of hydrogen-bond donors (Lipinski definition) is 0. The Balaban J connectivity index is 2.24. The lowest BCUT2D eigenvalue weighted by Gasteiger charge is -2.10. The molecule has 2 aromatic rings. The molecule has 5 heteroatoms. The van der Waals surface area contributed by atoms with Crippen molar-refractivity contribution in [2.45, 2.75) is 13.0 Å². The lowest BCUT2D eigenvalue weighted by atomic mass is 9.91. The minimum absolute atomic E-state index is 0.0719. The summed E-state index contributed by atoms with van der Waals surface area (Å²) >= 11 is 0. The second-order valence-electron chi connectivity index (χ2n) is 4.31. The predicted molar refractivity (Wildman–Crippen MR) is 66.0 cm³/mol. The van der Waals surface area contributed by atoms with Gasteiger partial charge in [0.2, 0.25) is 11.7 Å². The summed E-state index contributed by atoms with van der Waals surface area (Å²) in [4.78, 5) is 28.0. The molecule has 0 amide bonds. The molecule has 1 unspecified atom stereocenters. The Morgan fingerprint density at radius 2 is 1.84 bits per heavy atom. The Hall–Kier alpha value is -2.27. The molecule has 0 radical (unpaired) electrons. The molecule has 5 nitrogen and oxygen atoms in total. The molecule has 1 aliphatic carbocycles. The minimum Gasteiger partial charge on any atom is -0.437 e. The average molecular weight is 257 g/mol. The zero-order valence-electron chi connectivity index (χ0n) is 10.5. The van der Waals surface area contributed by atoms with E-state index in [0.29, 0.717) is 22.8 Å². The summed E-state index contributed by atoms with van der Waals surface area (Å²) in [5.41, 5.74) is 1.03. The Kier molecular flexibility index (Phi) is 2.57. The number of benzene rings is 1. The molecule has 0 aliphatic heterocycles. The number of Topliss-reactive ketones (excluding diaryl/α,β-unsaturated/α-hetero) is 2. The van der Waals surface area contributed by atoms with Crippen molar-refractivity contribution in [3.05, 3.63) is 41.4 Å². The first-order valence-corrected chi connectivity index (χ1v) is 5.85. The van der Waals surface area contributed by atoms with Crippen molar-refractivity contribution in [2.75, 3.05) is 7.11 Å². The maximum absolute atomic E-state index is 12.0. The van der Waals surface area contributed by atoms with Crippen molar-refractivity contribution >= 4 is 11.6 Å². The third-order valence-corrected chi connectivity index (χ3v) is 3.18. The highest BCUT2D eigenvalue weighted by Gasteiger charge is 2.35. The lowest BCUT2D eigenvalue weighted by Crippen LogP contribution is -2.20. The van der Waals surface area contributed by atoms with Gasteiger partial charge in [-0.25, -0.2) is 4.98 Å². The number of rotatable bonds is 2. The normalized spacial score (nSPS) is 15.1. The Bertz CT molecular complexity index is 687. The van der Waals surface area contributed by atoms with Gasteiger partial charge >= 0.3 is 0 Å². The highest BCUT2D eigenvalue weighted by Crippen LogP contribution is 2.35. The van der Waals surface area contributed by atoms with E-state index in [1.165, 1.54) is 7.11 Å². The molecule has 0 spiro atoms. The molecule has 1 atom stereocenters. The molecule has 96 valence electrons. The van der Waals surface area contributed by atoms with E-state index in [-0.39, 0.29) is 11.8 Å². The van der Waals surface area contributed by atoms with E-state index in [9.17, 15) is 9.59 Å². The van der Waals surface area contributed by atoms with Crippen LogP contribution in [0.15, 0.2) is 28.7 Å². The number of hydrogen-bond acceptors (Lipinski definition) is 5. The van der Waals surface area contributed by atoms with Crippen LogP contribution in [0.25, 0.3) is 11.3 Å². The van der Waals surface area contributed by atoms with Gasteiger partial charge < -0.3 is 9.15 Å². The predicted octanol–water partition coefficient (Wildman–Crippen LogP) is 2.43. The van der Waals surface area contributed by atoms with Crippen LogP contribution in [0.5, 0.6) is 0 Å². The van der Waals surface area contributed by atoms with Crippen molar-refractivity contribution in [3.63, 3.8) is 0 Å². The molecule has 1 aromatic carbocycles. The smallest absolute Gasteiger partial charge is 0.255 e. The monoisotopic (exact) mass is 257 g/mol. The van der Waals surface area contributed by atoms with Crippen molar-refractivity contribution in [1.82, 2.24) is 4.98 Å². The van der Waals surface area contributed by atoms with E-state index < -0.39 is 11.6 Å². The number of carbonyl (C=O) groups is 2. The van der Waals surface area contributed by atoms with Crippen LogP contribution in [0.2, 0.25) is 0 Å². The fraction of sp³-hybridized carbons (Fsp3) is 0.214. The summed E-state index contributed by atoms with van der Waals surface area (Å²) < 4.78 is 10.7. The molecule has 0 saturated carbocycles. The van der Waals surface area contributed by atoms with Crippen LogP contribution in [0.3, 0.4) is 0 Å². The molecule has 1 aromatic heterocycles. The average Bonchev–Trinajstić information content (AvgIpc) is 2.89. The van der Waals surface area contributed by atoms with Crippen molar-refractivity contribution in [3.8, 4) is 11.3 Å². The van der Waals surface area contributed by atoms with Crippen LogP contribution in [0.1, 0.15) is 39.8 Å². The molecule has 0 N–H and O–H groups in total. The minimum atomic E-state index is -0.632. The van der Waals surface area contributed by atoms with E-state index >= 15 is 0 Å². The van der Waals surface area contributed by atoms with Crippen LogP contribution < -0.4 is 0 Å². The highest BCUT2D eigenvalue weighted by molar-refractivity contribution is 6.52. The summed E-state index contributed by atoms with van der Waals surface area (Å²) in [7, 11) is 1.52. The van der Waals surface area contributed by atoms with Crippen molar-refractivity contribution < 1.29 is 18.7 Å². The summed E-state index contributed by atoms with van der Waals surface area (Å²) in [5.74, 6) is -0.538. The number of fused-ring (bicyclic) bond motifs is 3. The van der Waals surface area contributed by atoms with Crippen LogP contribution in [0, 0.1) is 0 Å².